The van der Waals surface area contributed by atoms with Crippen LogP contribution in [0.25, 0.3) is 0 Å². The highest BCUT2D eigenvalue weighted by molar-refractivity contribution is 5.93. The molecule has 0 aliphatic carbocycles. The second-order valence-electron chi connectivity index (χ2n) is 11.4. The maximum Gasteiger partial charge on any atom is 0.243 e. The quantitative estimate of drug-likeness (QED) is 0.355. The van der Waals surface area contributed by atoms with Crippen LogP contribution in [-0.4, -0.2) is 60.6 Å². The van der Waals surface area contributed by atoms with E-state index in [-0.39, 0.29) is 31.2 Å². The molecule has 2 aromatic carbocycles. The van der Waals surface area contributed by atoms with Gasteiger partial charge in [0.1, 0.15) is 17.8 Å². The van der Waals surface area contributed by atoms with Crippen LogP contribution in [-0.2, 0) is 32.1 Å². The molecule has 2 atom stereocenters. The van der Waals surface area contributed by atoms with E-state index in [1.54, 1.807) is 13.8 Å². The molecule has 0 aromatic heterocycles. The Morgan fingerprint density at radius 3 is 2.55 bits per heavy atom. The maximum atomic E-state index is 13.6. The second-order valence-corrected chi connectivity index (χ2v) is 11.4. The Morgan fingerprint density at radius 2 is 1.81 bits per heavy atom. The molecule has 0 saturated carbocycles. The van der Waals surface area contributed by atoms with Crippen LogP contribution in [0.2, 0.25) is 0 Å². The molecular weight excluding hydrogens is 536 g/mol. The van der Waals surface area contributed by atoms with E-state index in [2.05, 4.69) is 21.3 Å². The first-order valence-electron chi connectivity index (χ1n) is 14.6. The summed E-state index contributed by atoms with van der Waals surface area (Å²) in [5.41, 5.74) is 1.78. The van der Waals surface area contributed by atoms with Gasteiger partial charge in [-0.05, 0) is 81.7 Å². The van der Waals surface area contributed by atoms with Crippen molar-refractivity contribution in [1.29, 1.82) is 0 Å². The zero-order valence-electron chi connectivity index (χ0n) is 24.8. The molecule has 1 heterocycles. The molecule has 2 bridgehead atoms. The number of fused-ring (bicyclic) bond motifs is 2. The van der Waals surface area contributed by atoms with Crippen molar-refractivity contribution in [3.8, 4) is 5.75 Å². The Balaban J connectivity index is 1.85. The summed E-state index contributed by atoms with van der Waals surface area (Å²) >= 11 is 0. The van der Waals surface area contributed by atoms with Crippen molar-refractivity contribution in [2.75, 3.05) is 19.8 Å². The summed E-state index contributed by atoms with van der Waals surface area (Å²) < 4.78 is 5.89. The van der Waals surface area contributed by atoms with Gasteiger partial charge in [0, 0.05) is 19.5 Å². The molecule has 1 aliphatic heterocycles. The van der Waals surface area contributed by atoms with Crippen molar-refractivity contribution in [3.63, 3.8) is 0 Å². The molecule has 3 rings (SSSR count). The van der Waals surface area contributed by atoms with Crippen molar-refractivity contribution in [1.82, 2.24) is 21.3 Å². The van der Waals surface area contributed by atoms with Crippen molar-refractivity contribution < 1.29 is 29.0 Å². The number of benzene rings is 2. The van der Waals surface area contributed by atoms with E-state index in [0.717, 1.165) is 29.5 Å². The number of carbonyl (C=O) groups excluding carboxylic acids is 4. The van der Waals surface area contributed by atoms with Gasteiger partial charge in [-0.2, -0.15) is 0 Å². The van der Waals surface area contributed by atoms with E-state index in [9.17, 15) is 24.3 Å². The van der Waals surface area contributed by atoms with E-state index in [1.807, 2.05) is 55.5 Å². The molecule has 0 radical (unpaired) electrons. The largest absolute Gasteiger partial charge is 0.494 e. The molecule has 0 fully saturated rings. The number of hydrogen-bond acceptors (Lipinski definition) is 6. The van der Waals surface area contributed by atoms with Crippen LogP contribution < -0.4 is 26.0 Å². The average Bonchev–Trinajstić information content (AvgIpc) is 2.98. The van der Waals surface area contributed by atoms with Gasteiger partial charge in [-0.15, -0.1) is 0 Å². The lowest BCUT2D eigenvalue weighted by atomic mass is 9.93. The minimum atomic E-state index is -1.13. The Labute approximate surface area is 248 Å². The molecule has 1 aliphatic rings. The fourth-order valence-corrected chi connectivity index (χ4v) is 4.43. The molecule has 4 amide bonds. The highest BCUT2D eigenvalue weighted by Crippen LogP contribution is 2.19. The Morgan fingerprint density at radius 1 is 1.05 bits per heavy atom. The summed E-state index contributed by atoms with van der Waals surface area (Å²) in [6.45, 7) is 5.87. The summed E-state index contributed by atoms with van der Waals surface area (Å²) in [7, 11) is 0. The van der Waals surface area contributed by atoms with E-state index in [1.165, 1.54) is 0 Å². The van der Waals surface area contributed by atoms with Crippen LogP contribution >= 0.6 is 0 Å². The first-order valence-corrected chi connectivity index (χ1v) is 14.6. The zero-order chi connectivity index (χ0) is 30.5. The van der Waals surface area contributed by atoms with Gasteiger partial charge in [0.2, 0.25) is 23.6 Å². The predicted molar refractivity (Wildman–Crippen MR) is 159 cm³/mol. The average molecular weight is 581 g/mol. The van der Waals surface area contributed by atoms with Gasteiger partial charge in [-0.1, -0.05) is 36.4 Å². The summed E-state index contributed by atoms with van der Waals surface area (Å²) in [5.74, 6) is -0.998. The van der Waals surface area contributed by atoms with Crippen LogP contribution in [0.15, 0.2) is 48.5 Å². The number of aliphatic hydroxyl groups excluding tert-OH is 1. The molecule has 42 heavy (non-hydrogen) atoms. The molecular formula is C32H44N4O6. The van der Waals surface area contributed by atoms with Gasteiger partial charge in [0.05, 0.1) is 18.6 Å². The highest BCUT2D eigenvalue weighted by atomic mass is 16.5. The monoisotopic (exact) mass is 580 g/mol. The van der Waals surface area contributed by atoms with E-state index < -0.39 is 35.9 Å². The number of rotatable bonds is 6. The number of amides is 4. The lowest BCUT2D eigenvalue weighted by Crippen LogP contribution is -2.55. The lowest BCUT2D eigenvalue weighted by molar-refractivity contribution is -0.137. The van der Waals surface area contributed by atoms with Crippen LogP contribution in [0, 0.1) is 12.3 Å². The molecule has 0 spiro atoms. The van der Waals surface area contributed by atoms with Crippen LogP contribution in [0.5, 0.6) is 5.75 Å². The topological polar surface area (TPSA) is 146 Å². The number of carbonyl (C=O) groups is 4. The van der Waals surface area contributed by atoms with Gasteiger partial charge in [0.25, 0.3) is 0 Å². The third kappa shape index (κ3) is 10.2. The third-order valence-corrected chi connectivity index (χ3v) is 7.43. The molecule has 10 heteroatoms. The number of ether oxygens (including phenoxy) is 1. The predicted octanol–water partition coefficient (Wildman–Crippen LogP) is 2.30. The van der Waals surface area contributed by atoms with E-state index in [0.29, 0.717) is 31.7 Å². The summed E-state index contributed by atoms with van der Waals surface area (Å²) in [6.07, 6.45) is 2.35. The van der Waals surface area contributed by atoms with Crippen LogP contribution in [0.1, 0.15) is 62.6 Å². The first kappa shape index (κ1) is 32.6. The molecule has 2 aromatic rings. The Bertz CT molecular complexity index is 1220. The molecule has 228 valence electrons. The highest BCUT2D eigenvalue weighted by Gasteiger charge is 2.32. The van der Waals surface area contributed by atoms with Crippen LogP contribution in [0.3, 0.4) is 0 Å². The van der Waals surface area contributed by atoms with Crippen molar-refractivity contribution in [2.24, 2.45) is 5.41 Å². The van der Waals surface area contributed by atoms with Gasteiger partial charge < -0.3 is 31.1 Å². The van der Waals surface area contributed by atoms with E-state index in [4.69, 9.17) is 4.74 Å². The van der Waals surface area contributed by atoms with E-state index >= 15 is 0 Å². The maximum absolute atomic E-state index is 13.6. The summed E-state index contributed by atoms with van der Waals surface area (Å²) in [6, 6.07) is 13.4. The number of aliphatic hydroxyl groups is 1. The summed E-state index contributed by atoms with van der Waals surface area (Å²) in [4.78, 5) is 52.5. The molecule has 5 N–H and O–H groups in total. The van der Waals surface area contributed by atoms with Crippen molar-refractivity contribution in [3.05, 3.63) is 65.2 Å². The molecule has 10 nitrogen and oxygen atoms in total. The molecule has 0 unspecified atom stereocenters. The Hall–Kier alpha value is -3.92. The normalized spacial score (nSPS) is 19.6. The first-order chi connectivity index (χ1) is 20.1. The summed E-state index contributed by atoms with van der Waals surface area (Å²) in [5, 5.41) is 21.0. The lowest BCUT2D eigenvalue weighted by Gasteiger charge is -2.27. The fraction of sp³-hybridized carbons (Fsp3) is 0.500. The van der Waals surface area contributed by atoms with Crippen molar-refractivity contribution in [2.45, 2.75) is 77.9 Å². The number of hydrogen-bond donors (Lipinski definition) is 5. The third-order valence-electron chi connectivity index (χ3n) is 7.43. The van der Waals surface area contributed by atoms with Gasteiger partial charge in [-0.25, -0.2) is 0 Å². The SMILES string of the molecule is Cc1ccc2cc1CNC(=O)[C@H](CCc1ccccc1)NC(=O)[C@@H](NC(=O)C(C)(C)CO)CCC(=O)NCCCCO2. The van der Waals surface area contributed by atoms with Gasteiger partial charge >= 0.3 is 0 Å². The smallest absolute Gasteiger partial charge is 0.243 e. The second kappa shape index (κ2) is 15.9. The van der Waals surface area contributed by atoms with Crippen LogP contribution in [0.4, 0.5) is 0 Å². The van der Waals surface area contributed by atoms with Gasteiger partial charge in [-0.3, -0.25) is 19.2 Å². The van der Waals surface area contributed by atoms with Gasteiger partial charge in [0.15, 0.2) is 0 Å². The fourth-order valence-electron chi connectivity index (χ4n) is 4.43. The standard InChI is InChI=1S/C32H44N4O6/c1-22-11-13-25-19-24(22)20-34-29(39)26(14-12-23-9-5-4-6-10-23)35-30(40)27(36-31(41)32(2,3)21-37)15-16-28(38)33-17-7-8-18-42-25/h4-6,9-11,13,19,26-27,37H,7-8,12,14-18,20-21H2,1-3H3,(H,33,38)(H,34,39)(H,35,40)(H,36,41)/t26-,27-/m0/s1. The molecule has 0 saturated heterocycles. The minimum Gasteiger partial charge on any atom is -0.494 e. The number of aryl methyl sites for hydroxylation is 2. The minimum absolute atomic E-state index is 0.000408. The zero-order valence-corrected chi connectivity index (χ0v) is 24.8. The number of nitrogens with one attached hydrogen (secondary N) is 4. The van der Waals surface area contributed by atoms with Crippen molar-refractivity contribution >= 4 is 23.6 Å². The Kier molecular flexibility index (Phi) is 12.3.